The van der Waals surface area contributed by atoms with Crippen molar-refractivity contribution in [2.24, 2.45) is 11.1 Å². The molecule has 0 aromatic carbocycles. The summed E-state index contributed by atoms with van der Waals surface area (Å²) in [5.41, 5.74) is 5.63. The molecule has 0 amide bonds. The van der Waals surface area contributed by atoms with E-state index in [0.29, 0.717) is 4.99 Å². The van der Waals surface area contributed by atoms with Crippen molar-refractivity contribution in [2.75, 3.05) is 13.2 Å². The van der Waals surface area contributed by atoms with E-state index in [2.05, 4.69) is 20.8 Å². The normalized spacial score (nSPS) is 11.7. The Morgan fingerprint density at radius 3 is 2.31 bits per heavy atom. The SMILES string of the molecule is CCCCCCOCCCC(C)(C)C(N)=S. The van der Waals surface area contributed by atoms with Crippen molar-refractivity contribution < 1.29 is 4.74 Å². The zero-order valence-electron chi connectivity index (χ0n) is 11.1. The Bertz CT molecular complexity index is 192. The Morgan fingerprint density at radius 2 is 1.75 bits per heavy atom. The highest BCUT2D eigenvalue weighted by Crippen LogP contribution is 2.22. The van der Waals surface area contributed by atoms with Gasteiger partial charge in [-0.25, -0.2) is 0 Å². The second kappa shape index (κ2) is 8.94. The van der Waals surface area contributed by atoms with Gasteiger partial charge in [-0.05, 0) is 19.3 Å². The summed E-state index contributed by atoms with van der Waals surface area (Å²) in [7, 11) is 0. The lowest BCUT2D eigenvalue weighted by molar-refractivity contribution is 0.122. The number of thiocarbonyl (C=S) groups is 1. The van der Waals surface area contributed by atoms with E-state index >= 15 is 0 Å². The van der Waals surface area contributed by atoms with E-state index in [1.165, 1.54) is 25.7 Å². The second-order valence-electron chi connectivity index (χ2n) is 5.02. The summed E-state index contributed by atoms with van der Waals surface area (Å²) >= 11 is 5.02. The minimum Gasteiger partial charge on any atom is -0.393 e. The van der Waals surface area contributed by atoms with Crippen LogP contribution >= 0.6 is 12.2 Å². The molecular formula is C13H27NOS. The molecule has 0 aliphatic rings. The van der Waals surface area contributed by atoms with Crippen molar-refractivity contribution in [3.63, 3.8) is 0 Å². The molecule has 0 spiro atoms. The molecule has 0 heterocycles. The molecule has 0 aliphatic heterocycles. The summed E-state index contributed by atoms with van der Waals surface area (Å²) in [4.78, 5) is 0.607. The fourth-order valence-corrected chi connectivity index (χ4v) is 1.57. The van der Waals surface area contributed by atoms with Crippen LogP contribution in [0.4, 0.5) is 0 Å². The monoisotopic (exact) mass is 245 g/mol. The fourth-order valence-electron chi connectivity index (χ4n) is 1.47. The molecule has 0 aromatic heterocycles. The van der Waals surface area contributed by atoms with Crippen molar-refractivity contribution in [3.8, 4) is 0 Å². The van der Waals surface area contributed by atoms with Crippen LogP contribution in [0.15, 0.2) is 0 Å². The van der Waals surface area contributed by atoms with Crippen LogP contribution in [0, 0.1) is 5.41 Å². The molecule has 0 aromatic rings. The van der Waals surface area contributed by atoms with Gasteiger partial charge in [0.05, 0.1) is 4.99 Å². The van der Waals surface area contributed by atoms with E-state index in [-0.39, 0.29) is 5.41 Å². The third-order valence-electron chi connectivity index (χ3n) is 2.90. The Hall–Kier alpha value is -0.150. The number of nitrogens with two attached hydrogens (primary N) is 1. The number of ether oxygens (including phenoxy) is 1. The predicted octanol–water partition coefficient (Wildman–Crippen LogP) is 3.68. The van der Waals surface area contributed by atoms with Crippen molar-refractivity contribution in [1.82, 2.24) is 0 Å². The molecule has 0 rings (SSSR count). The third kappa shape index (κ3) is 8.05. The van der Waals surface area contributed by atoms with E-state index in [1.54, 1.807) is 0 Å². The standard InChI is InChI=1S/C13H27NOS/c1-4-5-6-7-10-15-11-8-9-13(2,3)12(14)16/h4-11H2,1-3H3,(H2,14,16). The van der Waals surface area contributed by atoms with Gasteiger partial charge in [0.25, 0.3) is 0 Å². The summed E-state index contributed by atoms with van der Waals surface area (Å²) < 4.78 is 5.57. The van der Waals surface area contributed by atoms with E-state index in [0.717, 1.165) is 26.1 Å². The van der Waals surface area contributed by atoms with Crippen molar-refractivity contribution in [2.45, 2.75) is 59.3 Å². The van der Waals surface area contributed by atoms with Gasteiger partial charge in [-0.15, -0.1) is 0 Å². The molecule has 0 radical (unpaired) electrons. The fraction of sp³-hybridized carbons (Fsp3) is 0.923. The number of unbranched alkanes of at least 4 members (excludes halogenated alkanes) is 3. The topological polar surface area (TPSA) is 35.2 Å². The van der Waals surface area contributed by atoms with Crippen molar-refractivity contribution in [1.29, 1.82) is 0 Å². The van der Waals surface area contributed by atoms with Gasteiger partial charge < -0.3 is 10.5 Å². The molecule has 0 saturated heterocycles. The molecule has 0 saturated carbocycles. The summed E-state index contributed by atoms with van der Waals surface area (Å²) in [5, 5.41) is 0. The summed E-state index contributed by atoms with van der Waals surface area (Å²) in [6, 6.07) is 0. The van der Waals surface area contributed by atoms with Crippen LogP contribution in [0.25, 0.3) is 0 Å². The zero-order chi connectivity index (χ0) is 12.4. The third-order valence-corrected chi connectivity index (χ3v) is 3.45. The van der Waals surface area contributed by atoms with Gasteiger partial charge in [-0.1, -0.05) is 52.3 Å². The molecule has 2 nitrogen and oxygen atoms in total. The van der Waals surface area contributed by atoms with Crippen molar-refractivity contribution >= 4 is 17.2 Å². The minimum absolute atomic E-state index is 0.0269. The first-order valence-electron chi connectivity index (χ1n) is 6.38. The predicted molar refractivity (Wildman–Crippen MR) is 74.8 cm³/mol. The average Bonchev–Trinajstić information content (AvgIpc) is 2.21. The van der Waals surface area contributed by atoms with Crippen LogP contribution in [-0.2, 0) is 4.74 Å². The summed E-state index contributed by atoms with van der Waals surface area (Å²) in [6.07, 6.45) is 7.12. The number of hydrogen-bond donors (Lipinski definition) is 1. The van der Waals surface area contributed by atoms with Crippen LogP contribution in [0.1, 0.15) is 59.3 Å². The Balaban J connectivity index is 3.30. The number of hydrogen-bond acceptors (Lipinski definition) is 2. The minimum atomic E-state index is -0.0269. The number of rotatable bonds is 10. The maximum absolute atomic E-state index is 5.66. The van der Waals surface area contributed by atoms with Crippen LogP contribution in [0.2, 0.25) is 0 Å². The first-order valence-corrected chi connectivity index (χ1v) is 6.79. The lowest BCUT2D eigenvalue weighted by atomic mass is 9.88. The van der Waals surface area contributed by atoms with E-state index in [4.69, 9.17) is 22.7 Å². The Morgan fingerprint density at radius 1 is 1.12 bits per heavy atom. The van der Waals surface area contributed by atoms with Gasteiger partial charge in [0, 0.05) is 18.6 Å². The largest absolute Gasteiger partial charge is 0.393 e. The van der Waals surface area contributed by atoms with E-state index in [9.17, 15) is 0 Å². The maximum atomic E-state index is 5.66. The molecule has 0 fully saturated rings. The quantitative estimate of drug-likeness (QED) is 0.471. The smallest absolute Gasteiger partial charge is 0.0784 e. The van der Waals surface area contributed by atoms with Crippen molar-refractivity contribution in [3.05, 3.63) is 0 Å². The highest BCUT2D eigenvalue weighted by Gasteiger charge is 2.20. The highest BCUT2D eigenvalue weighted by molar-refractivity contribution is 7.80. The van der Waals surface area contributed by atoms with Gasteiger partial charge in [-0.3, -0.25) is 0 Å². The van der Waals surface area contributed by atoms with Gasteiger partial charge in [0.15, 0.2) is 0 Å². The molecular weight excluding hydrogens is 218 g/mol. The molecule has 96 valence electrons. The first kappa shape index (κ1) is 15.9. The van der Waals surface area contributed by atoms with Gasteiger partial charge in [0.1, 0.15) is 0 Å². The van der Waals surface area contributed by atoms with Crippen LogP contribution in [0.3, 0.4) is 0 Å². The molecule has 0 atom stereocenters. The molecule has 0 aliphatic carbocycles. The average molecular weight is 245 g/mol. The van der Waals surface area contributed by atoms with Gasteiger partial charge in [-0.2, -0.15) is 0 Å². The maximum Gasteiger partial charge on any atom is 0.0784 e. The highest BCUT2D eigenvalue weighted by atomic mass is 32.1. The molecule has 3 heteroatoms. The lowest BCUT2D eigenvalue weighted by Gasteiger charge is -2.22. The molecule has 2 N–H and O–H groups in total. The summed E-state index contributed by atoms with van der Waals surface area (Å²) in [5.74, 6) is 0. The van der Waals surface area contributed by atoms with Gasteiger partial charge >= 0.3 is 0 Å². The van der Waals surface area contributed by atoms with Crippen LogP contribution < -0.4 is 5.73 Å². The zero-order valence-corrected chi connectivity index (χ0v) is 11.9. The summed E-state index contributed by atoms with van der Waals surface area (Å²) in [6.45, 7) is 8.14. The van der Waals surface area contributed by atoms with E-state index in [1.807, 2.05) is 0 Å². The van der Waals surface area contributed by atoms with Crippen LogP contribution in [0.5, 0.6) is 0 Å². The molecule has 0 unspecified atom stereocenters. The Kier molecular flexibility index (Phi) is 8.86. The first-order chi connectivity index (χ1) is 7.50. The molecule has 0 bridgehead atoms. The Labute approximate surface area is 106 Å². The van der Waals surface area contributed by atoms with E-state index < -0.39 is 0 Å². The second-order valence-corrected chi connectivity index (χ2v) is 5.46. The molecule has 16 heavy (non-hydrogen) atoms. The van der Waals surface area contributed by atoms with Crippen LogP contribution in [-0.4, -0.2) is 18.2 Å². The van der Waals surface area contributed by atoms with Gasteiger partial charge in [0.2, 0.25) is 0 Å². The lowest BCUT2D eigenvalue weighted by Crippen LogP contribution is -2.29.